The number of phenols is 2. The van der Waals surface area contributed by atoms with E-state index in [0.29, 0.717) is 5.56 Å². The van der Waals surface area contributed by atoms with Crippen LogP contribution in [-0.4, -0.2) is 28.6 Å². The van der Waals surface area contributed by atoms with Gasteiger partial charge in [-0.3, -0.25) is 4.79 Å². The van der Waals surface area contributed by atoms with Crippen LogP contribution in [0.5, 0.6) is 11.5 Å². The molecule has 6 nitrogen and oxygen atoms in total. The summed E-state index contributed by atoms with van der Waals surface area (Å²) in [4.78, 5) is 24.3. The molecule has 0 radical (unpaired) electrons. The Balaban J connectivity index is 1.72. The lowest BCUT2D eigenvalue weighted by molar-refractivity contribution is 0.0444. The van der Waals surface area contributed by atoms with E-state index >= 15 is 0 Å². The Morgan fingerprint density at radius 3 is 2.48 bits per heavy atom. The smallest absolute Gasteiger partial charge is 0.375 e. The number of hydrogen-bond acceptors (Lipinski definition) is 6. The number of esters is 1. The molecular weight excluding hydrogens is 324 g/mol. The average molecular weight is 338 g/mol. The zero-order valence-electron chi connectivity index (χ0n) is 13.0. The molecule has 0 unspecified atom stereocenters. The second-order valence-corrected chi connectivity index (χ2v) is 5.23. The largest absolute Gasteiger partial charge is 0.508 e. The molecule has 0 aliphatic carbocycles. The summed E-state index contributed by atoms with van der Waals surface area (Å²) < 4.78 is 10.2. The summed E-state index contributed by atoms with van der Waals surface area (Å²) in [6, 6.07) is 14.3. The van der Waals surface area contributed by atoms with Gasteiger partial charge in [-0.2, -0.15) is 0 Å². The third-order valence-corrected chi connectivity index (χ3v) is 3.55. The molecule has 0 bridgehead atoms. The van der Waals surface area contributed by atoms with E-state index in [2.05, 4.69) is 0 Å². The first-order valence-electron chi connectivity index (χ1n) is 7.41. The van der Waals surface area contributed by atoms with Gasteiger partial charge in [-0.25, -0.2) is 4.79 Å². The summed E-state index contributed by atoms with van der Waals surface area (Å²) in [5.41, 5.74) is 1.30. The van der Waals surface area contributed by atoms with Crippen LogP contribution in [0.25, 0.3) is 11.1 Å². The van der Waals surface area contributed by atoms with Crippen LogP contribution in [0.1, 0.15) is 20.9 Å². The van der Waals surface area contributed by atoms with Crippen LogP contribution >= 0.6 is 0 Å². The molecule has 2 aromatic carbocycles. The second-order valence-electron chi connectivity index (χ2n) is 5.23. The van der Waals surface area contributed by atoms with Gasteiger partial charge in [0.05, 0.1) is 11.8 Å². The van der Waals surface area contributed by atoms with E-state index in [9.17, 15) is 19.8 Å². The van der Waals surface area contributed by atoms with Gasteiger partial charge in [-0.05, 0) is 23.8 Å². The highest BCUT2D eigenvalue weighted by molar-refractivity contribution is 6.02. The van der Waals surface area contributed by atoms with E-state index in [0.717, 1.165) is 11.6 Å². The third kappa shape index (κ3) is 3.53. The van der Waals surface area contributed by atoms with Crippen LogP contribution in [0.4, 0.5) is 0 Å². The van der Waals surface area contributed by atoms with E-state index in [4.69, 9.17) is 9.15 Å². The first kappa shape index (κ1) is 16.3. The van der Waals surface area contributed by atoms with Crippen molar-refractivity contribution in [1.29, 1.82) is 0 Å². The SMILES string of the molecule is O=C(COC(=O)c1occc1-c1ccccc1)c1ccc(O)cc1O. The Bertz CT molecular complexity index is 911. The molecule has 3 rings (SSSR count). The lowest BCUT2D eigenvalue weighted by Crippen LogP contribution is -2.14. The Hall–Kier alpha value is -3.54. The molecule has 0 spiro atoms. The van der Waals surface area contributed by atoms with Crippen LogP contribution in [0.3, 0.4) is 0 Å². The van der Waals surface area contributed by atoms with Gasteiger partial charge in [0.1, 0.15) is 11.5 Å². The number of ether oxygens (including phenoxy) is 1. The minimum absolute atomic E-state index is 0.00562. The normalized spacial score (nSPS) is 10.4. The number of furan rings is 1. The third-order valence-electron chi connectivity index (χ3n) is 3.55. The number of carbonyl (C=O) groups excluding carboxylic acids is 2. The van der Waals surface area contributed by atoms with Gasteiger partial charge >= 0.3 is 5.97 Å². The Morgan fingerprint density at radius 1 is 1.00 bits per heavy atom. The van der Waals surface area contributed by atoms with Crippen molar-refractivity contribution < 1.29 is 29.0 Å². The predicted molar refractivity (Wildman–Crippen MR) is 88.5 cm³/mol. The van der Waals surface area contributed by atoms with Gasteiger partial charge in [0, 0.05) is 11.6 Å². The summed E-state index contributed by atoms with van der Waals surface area (Å²) in [6.45, 7) is -0.563. The van der Waals surface area contributed by atoms with Crippen molar-refractivity contribution in [3.05, 3.63) is 72.2 Å². The molecule has 0 aliphatic rings. The quantitative estimate of drug-likeness (QED) is 0.547. The molecule has 2 N–H and O–H groups in total. The molecule has 0 atom stereocenters. The van der Waals surface area contributed by atoms with Gasteiger partial charge < -0.3 is 19.4 Å². The zero-order chi connectivity index (χ0) is 17.8. The molecule has 126 valence electrons. The number of hydrogen-bond donors (Lipinski definition) is 2. The van der Waals surface area contributed by atoms with Crippen molar-refractivity contribution in [2.75, 3.05) is 6.61 Å². The van der Waals surface area contributed by atoms with Crippen molar-refractivity contribution >= 4 is 11.8 Å². The maximum Gasteiger partial charge on any atom is 0.375 e. The summed E-state index contributed by atoms with van der Waals surface area (Å²) >= 11 is 0. The van der Waals surface area contributed by atoms with Crippen molar-refractivity contribution in [1.82, 2.24) is 0 Å². The minimum Gasteiger partial charge on any atom is -0.508 e. The van der Waals surface area contributed by atoms with Crippen LogP contribution < -0.4 is 0 Å². The average Bonchev–Trinajstić information content (AvgIpc) is 3.10. The van der Waals surface area contributed by atoms with Crippen molar-refractivity contribution in [2.24, 2.45) is 0 Å². The lowest BCUT2D eigenvalue weighted by Gasteiger charge is -2.06. The summed E-state index contributed by atoms with van der Waals surface area (Å²) in [6.07, 6.45) is 1.37. The first-order valence-corrected chi connectivity index (χ1v) is 7.41. The number of Topliss-reactive ketones (excluding diaryl/α,β-unsaturated/α-hetero) is 1. The molecule has 0 saturated heterocycles. The number of rotatable bonds is 5. The van der Waals surface area contributed by atoms with Gasteiger partial charge in [-0.15, -0.1) is 0 Å². The maximum atomic E-state index is 12.2. The first-order chi connectivity index (χ1) is 12.1. The van der Waals surface area contributed by atoms with Crippen molar-refractivity contribution in [3.8, 4) is 22.6 Å². The molecule has 0 amide bonds. The highest BCUT2D eigenvalue weighted by Crippen LogP contribution is 2.26. The van der Waals surface area contributed by atoms with Crippen LogP contribution in [0.15, 0.2) is 65.3 Å². The van der Waals surface area contributed by atoms with Crippen molar-refractivity contribution in [3.63, 3.8) is 0 Å². The molecular formula is C19H14O6. The zero-order valence-corrected chi connectivity index (χ0v) is 13.0. The second kappa shape index (κ2) is 6.92. The number of benzene rings is 2. The molecule has 1 heterocycles. The fourth-order valence-corrected chi connectivity index (χ4v) is 2.34. The Kier molecular flexibility index (Phi) is 4.52. The van der Waals surface area contributed by atoms with E-state index in [1.165, 1.54) is 18.4 Å². The van der Waals surface area contributed by atoms with E-state index < -0.39 is 18.4 Å². The van der Waals surface area contributed by atoms with Crippen LogP contribution in [0.2, 0.25) is 0 Å². The minimum atomic E-state index is -0.782. The standard InChI is InChI=1S/C19H14O6/c20-13-6-7-15(16(21)10-13)17(22)11-25-19(23)18-14(8-9-24-18)12-4-2-1-3-5-12/h1-10,20-21H,11H2. The fourth-order valence-electron chi connectivity index (χ4n) is 2.34. The molecule has 0 aliphatic heterocycles. The predicted octanol–water partition coefficient (Wildman–Crippen LogP) is 3.40. The van der Waals surface area contributed by atoms with Gasteiger partial charge in [0.25, 0.3) is 0 Å². The molecule has 25 heavy (non-hydrogen) atoms. The molecule has 3 aromatic rings. The maximum absolute atomic E-state index is 12.2. The van der Waals surface area contributed by atoms with E-state index in [1.54, 1.807) is 6.07 Å². The number of aromatic hydroxyl groups is 2. The van der Waals surface area contributed by atoms with Crippen LogP contribution in [0, 0.1) is 0 Å². The summed E-state index contributed by atoms with van der Waals surface area (Å²) in [5, 5.41) is 18.9. The molecule has 0 saturated carbocycles. The van der Waals surface area contributed by atoms with E-state index in [1.807, 2.05) is 30.3 Å². The Labute approximate surface area is 142 Å². The van der Waals surface area contributed by atoms with Crippen molar-refractivity contribution in [2.45, 2.75) is 0 Å². The van der Waals surface area contributed by atoms with Gasteiger partial charge in [0.15, 0.2) is 6.61 Å². The molecule has 0 fully saturated rings. The van der Waals surface area contributed by atoms with E-state index in [-0.39, 0.29) is 22.8 Å². The monoisotopic (exact) mass is 338 g/mol. The topological polar surface area (TPSA) is 97.0 Å². The molecule has 1 aromatic heterocycles. The number of carbonyl (C=O) groups is 2. The highest BCUT2D eigenvalue weighted by Gasteiger charge is 2.20. The summed E-state index contributed by atoms with van der Waals surface area (Å²) in [7, 11) is 0. The van der Waals surface area contributed by atoms with Gasteiger partial charge in [-0.1, -0.05) is 30.3 Å². The number of phenolic OH excluding ortho intramolecular Hbond substituents is 2. The summed E-state index contributed by atoms with van der Waals surface area (Å²) in [5.74, 6) is -1.94. The van der Waals surface area contributed by atoms with Crippen LogP contribution in [-0.2, 0) is 4.74 Å². The lowest BCUT2D eigenvalue weighted by atomic mass is 10.1. The number of ketones is 1. The fraction of sp³-hybridized carbons (Fsp3) is 0.0526. The highest BCUT2D eigenvalue weighted by atomic mass is 16.5. The van der Waals surface area contributed by atoms with Gasteiger partial charge in [0.2, 0.25) is 11.5 Å². The molecule has 6 heteroatoms. The Morgan fingerprint density at radius 2 is 1.76 bits per heavy atom.